The fraction of sp³-hybridized carbons (Fsp3) is 0.143. The van der Waals surface area contributed by atoms with Crippen LogP contribution in [0.1, 0.15) is 11.1 Å². The maximum atomic E-state index is 10.7. The average molecular weight is 475 g/mol. The molecule has 0 amide bonds. The first kappa shape index (κ1) is 27.4. The molecule has 0 radical (unpaired) electrons. The van der Waals surface area contributed by atoms with Gasteiger partial charge in [0.25, 0.3) is 11.4 Å². The number of hydrogen-bond donors (Lipinski definition) is 0. The number of nitro groups is 2. The summed E-state index contributed by atoms with van der Waals surface area (Å²) in [7, 11) is -2.93. The average Bonchev–Trinajstić information content (AvgIpc) is 2.53. The number of hydrogen-bond acceptors (Lipinski definition) is 9. The van der Waals surface area contributed by atoms with Crippen molar-refractivity contribution in [2.24, 2.45) is 0 Å². The fourth-order valence-corrected chi connectivity index (χ4v) is 3.40. The van der Waals surface area contributed by atoms with E-state index in [0.717, 1.165) is 12.1 Å². The summed E-state index contributed by atoms with van der Waals surface area (Å²) in [6.07, 6.45) is 0. The van der Waals surface area contributed by atoms with Crippen molar-refractivity contribution in [2.75, 3.05) is 0 Å². The minimum absolute atomic E-state index is 0. The Balaban J connectivity index is 0.000000523. The van der Waals surface area contributed by atoms with Gasteiger partial charge in [-0.3, -0.25) is 20.2 Å². The van der Waals surface area contributed by atoms with Crippen LogP contribution >= 0.6 is 10.7 Å². The van der Waals surface area contributed by atoms with Crippen molar-refractivity contribution in [3.63, 3.8) is 0 Å². The van der Waals surface area contributed by atoms with Gasteiger partial charge in [-0.05, 0) is 11.1 Å². The largest absolute Gasteiger partial charge is 1.00 e. The van der Waals surface area contributed by atoms with Gasteiger partial charge < -0.3 is 4.55 Å². The predicted octanol–water partition coefficient (Wildman–Crippen LogP) is -0.693. The molecule has 0 N–H and O–H groups in total. The predicted molar refractivity (Wildman–Crippen MR) is 98.1 cm³/mol. The Kier molecular flexibility index (Phi) is 10.9. The van der Waals surface area contributed by atoms with Gasteiger partial charge in [-0.15, -0.1) is 0 Å². The molecule has 0 unspecified atom stereocenters. The van der Waals surface area contributed by atoms with Gasteiger partial charge in [0.2, 0.25) is 9.05 Å². The molecule has 0 aliphatic rings. The van der Waals surface area contributed by atoms with Crippen LogP contribution < -0.4 is 29.6 Å². The SMILES string of the molecule is O=[N+]([O-])c1ccc(CS(=O)(=O)Cl)cc1.O=[N+]([O-])c1ccc(CS(=O)(=O)[O-])cc1.[Na+]. The number of rotatable bonds is 6. The van der Waals surface area contributed by atoms with E-state index >= 15 is 0 Å². The zero-order valence-corrected chi connectivity index (χ0v) is 19.2. The molecule has 0 spiro atoms. The van der Waals surface area contributed by atoms with Gasteiger partial charge in [-0.25, -0.2) is 16.8 Å². The van der Waals surface area contributed by atoms with Crippen molar-refractivity contribution in [1.29, 1.82) is 0 Å². The van der Waals surface area contributed by atoms with Gasteiger partial charge in [-0.1, -0.05) is 24.3 Å². The Morgan fingerprint density at radius 1 is 0.724 bits per heavy atom. The van der Waals surface area contributed by atoms with Crippen LogP contribution in [0.4, 0.5) is 11.4 Å². The second kappa shape index (κ2) is 11.5. The van der Waals surface area contributed by atoms with Gasteiger partial charge in [0.1, 0.15) is 0 Å². The summed E-state index contributed by atoms with van der Waals surface area (Å²) in [5, 5.41) is 20.5. The molecule has 0 aliphatic heterocycles. The molecule has 0 saturated carbocycles. The third kappa shape index (κ3) is 11.9. The standard InChI is InChI=1S/C7H6ClNO4S.C7H7NO5S.Na/c8-14(12,13)5-6-1-3-7(4-2-6)9(10)11;9-8(10)7-3-1-6(2-4-7)5-14(11,12)13;/h1-4H,5H2;1-4H,5H2,(H,11,12,13);/q;;+1/p-1. The van der Waals surface area contributed by atoms with Crippen LogP contribution in [0.5, 0.6) is 0 Å². The number of nitrogens with zero attached hydrogens (tertiary/aromatic N) is 2. The van der Waals surface area contributed by atoms with Crippen LogP contribution in [0, 0.1) is 20.2 Å². The van der Waals surface area contributed by atoms with Gasteiger partial charge in [0.05, 0.1) is 31.5 Å². The van der Waals surface area contributed by atoms with E-state index in [1.807, 2.05) is 0 Å². The van der Waals surface area contributed by atoms with Crippen molar-refractivity contribution in [3.05, 3.63) is 79.9 Å². The third-order valence-electron chi connectivity index (χ3n) is 2.98. The first-order valence-electron chi connectivity index (χ1n) is 7.09. The van der Waals surface area contributed by atoms with Crippen molar-refractivity contribution in [1.82, 2.24) is 0 Å². The summed E-state index contributed by atoms with van der Waals surface area (Å²) in [4.78, 5) is 19.3. The molecule has 152 valence electrons. The zero-order chi connectivity index (χ0) is 21.5. The second-order valence-corrected chi connectivity index (χ2v) is 9.41. The number of nitro benzene ring substituents is 2. The zero-order valence-electron chi connectivity index (χ0n) is 14.8. The minimum Gasteiger partial charge on any atom is -0.748 e. The van der Waals surface area contributed by atoms with E-state index in [4.69, 9.17) is 10.7 Å². The smallest absolute Gasteiger partial charge is 0.748 e. The van der Waals surface area contributed by atoms with Crippen LogP contribution in [0.15, 0.2) is 48.5 Å². The first-order chi connectivity index (χ1) is 12.8. The second-order valence-electron chi connectivity index (χ2n) is 5.23. The summed E-state index contributed by atoms with van der Waals surface area (Å²) >= 11 is 0. The molecule has 2 rings (SSSR count). The number of non-ortho nitro benzene ring substituents is 2. The summed E-state index contributed by atoms with van der Waals surface area (Å²) in [6, 6.07) is 9.98. The molecule has 29 heavy (non-hydrogen) atoms. The third-order valence-corrected chi connectivity index (χ3v) is 4.67. The van der Waals surface area contributed by atoms with Crippen molar-refractivity contribution >= 4 is 41.2 Å². The Hall–Kier alpha value is -1.61. The summed E-state index contributed by atoms with van der Waals surface area (Å²) in [5.41, 5.74) is 0.439. The molecular formula is C14H12ClN2NaO9S2. The molecule has 0 aliphatic carbocycles. The van der Waals surface area contributed by atoms with E-state index in [-0.39, 0.29) is 52.2 Å². The topological polar surface area (TPSA) is 178 Å². The Bertz CT molecular complexity index is 970. The monoisotopic (exact) mass is 474 g/mol. The maximum absolute atomic E-state index is 10.7. The molecule has 0 aromatic heterocycles. The maximum Gasteiger partial charge on any atom is 1.00 e. The van der Waals surface area contributed by atoms with E-state index in [1.54, 1.807) is 0 Å². The Morgan fingerprint density at radius 3 is 1.28 bits per heavy atom. The van der Waals surface area contributed by atoms with Crippen LogP contribution in [0.3, 0.4) is 0 Å². The minimum atomic E-state index is -4.33. The molecule has 0 heterocycles. The van der Waals surface area contributed by atoms with E-state index in [2.05, 4.69) is 0 Å². The molecule has 0 atom stereocenters. The van der Waals surface area contributed by atoms with E-state index in [9.17, 15) is 41.6 Å². The molecule has 11 nitrogen and oxygen atoms in total. The van der Waals surface area contributed by atoms with Crippen molar-refractivity contribution in [3.8, 4) is 0 Å². The van der Waals surface area contributed by atoms with E-state index in [1.165, 1.54) is 36.4 Å². The van der Waals surface area contributed by atoms with Crippen LogP contribution in [-0.4, -0.2) is 31.2 Å². The van der Waals surface area contributed by atoms with Gasteiger partial charge in [0.15, 0.2) is 0 Å². The first-order valence-corrected chi connectivity index (χ1v) is 11.1. The van der Waals surface area contributed by atoms with E-state index in [0.29, 0.717) is 5.56 Å². The molecule has 15 heteroatoms. The molecule has 2 aromatic carbocycles. The normalized spacial score (nSPS) is 10.8. The van der Waals surface area contributed by atoms with Gasteiger partial charge in [-0.2, -0.15) is 0 Å². The summed E-state index contributed by atoms with van der Waals surface area (Å²) in [5.74, 6) is -0.975. The van der Waals surface area contributed by atoms with Crippen molar-refractivity contribution in [2.45, 2.75) is 11.5 Å². The fourth-order valence-electron chi connectivity index (χ4n) is 1.83. The summed E-state index contributed by atoms with van der Waals surface area (Å²) in [6.45, 7) is 0. The van der Waals surface area contributed by atoms with E-state index < -0.39 is 34.8 Å². The van der Waals surface area contributed by atoms with Crippen LogP contribution in [0.25, 0.3) is 0 Å². The molecule has 0 fully saturated rings. The van der Waals surface area contributed by atoms with Crippen LogP contribution in [-0.2, 0) is 30.7 Å². The molecule has 2 aromatic rings. The van der Waals surface area contributed by atoms with Crippen LogP contribution in [0.2, 0.25) is 0 Å². The Labute approximate surface area is 192 Å². The quantitative estimate of drug-likeness (QED) is 0.172. The van der Waals surface area contributed by atoms with Gasteiger partial charge in [0, 0.05) is 34.9 Å². The summed E-state index contributed by atoms with van der Waals surface area (Å²) < 4.78 is 52.3. The van der Waals surface area contributed by atoms with Crippen molar-refractivity contribution < 1.29 is 60.8 Å². The molecule has 0 bridgehead atoms. The molecule has 0 saturated heterocycles. The Morgan fingerprint density at radius 2 is 1.03 bits per heavy atom. The molecular weight excluding hydrogens is 463 g/mol. The van der Waals surface area contributed by atoms with Gasteiger partial charge >= 0.3 is 29.6 Å². The number of halogens is 1. The number of benzene rings is 2.